The summed E-state index contributed by atoms with van der Waals surface area (Å²) in [5.41, 5.74) is 1.83. The number of rotatable bonds is 22. The van der Waals surface area contributed by atoms with Crippen LogP contribution in [0.3, 0.4) is 0 Å². The normalized spacial score (nSPS) is 11.3. The van der Waals surface area contributed by atoms with Crippen LogP contribution in [0.2, 0.25) is 0 Å². The molecule has 0 saturated heterocycles. The Morgan fingerprint density at radius 2 is 0.964 bits per heavy atom. The van der Waals surface area contributed by atoms with E-state index < -0.39 is 41.5 Å². The van der Waals surface area contributed by atoms with Crippen molar-refractivity contribution in [2.75, 3.05) is 0 Å². The van der Waals surface area contributed by atoms with Crippen LogP contribution in [-0.4, -0.2) is 68.8 Å². The summed E-state index contributed by atoms with van der Waals surface area (Å²) in [7, 11) is -9.30. The molecule has 0 aliphatic heterocycles. The van der Waals surface area contributed by atoms with Crippen molar-refractivity contribution in [2.45, 2.75) is 126 Å². The molecule has 0 heterocycles. The van der Waals surface area contributed by atoms with E-state index in [-0.39, 0.29) is 49.2 Å². The van der Waals surface area contributed by atoms with Crippen molar-refractivity contribution < 1.29 is 45.6 Å². The van der Waals surface area contributed by atoms with Gasteiger partial charge in [-0.25, -0.2) is 8.42 Å². The Hall–Kier alpha value is -2.84. The first-order valence-electron chi connectivity index (χ1n) is 18.9. The van der Waals surface area contributed by atoms with Gasteiger partial charge in [-0.2, -0.15) is 8.42 Å². The summed E-state index contributed by atoms with van der Waals surface area (Å²) in [6.45, 7) is 4.40. The molecule has 0 amide bonds. The Kier molecular flexibility index (Phi) is 22.3. The third-order valence-electron chi connectivity index (χ3n) is 8.92. The fraction of sp³-hybridized carbons (Fsp3) is 0.429. The van der Waals surface area contributed by atoms with Crippen LogP contribution in [0.15, 0.2) is 94.7 Å². The average Bonchev–Trinajstić information content (AvgIpc) is 3.13. The van der Waals surface area contributed by atoms with Gasteiger partial charge >= 0.3 is 37.7 Å². The van der Waals surface area contributed by atoms with E-state index in [4.69, 9.17) is 9.47 Å². The minimum Gasteiger partial charge on any atom is -0.870 e. The molecule has 0 bridgehead atoms. The number of ether oxygens (including phenoxy) is 2. The number of aryl methyl sites for hydroxylation is 2. The molecule has 0 atom stereocenters. The summed E-state index contributed by atoms with van der Waals surface area (Å²) >= 11 is 0. The molecule has 0 spiro atoms. The first kappa shape index (κ1) is 48.3. The zero-order valence-electron chi connectivity index (χ0n) is 32.1. The number of phenols is 1. The molecule has 55 heavy (non-hydrogen) atoms. The predicted molar refractivity (Wildman–Crippen MR) is 214 cm³/mol. The maximum absolute atomic E-state index is 12.1. The average molecular weight is 823 g/mol. The second-order valence-electron chi connectivity index (χ2n) is 13.3. The predicted octanol–water partition coefficient (Wildman–Crippen LogP) is 10.1. The molecule has 0 aromatic heterocycles. The third kappa shape index (κ3) is 17.0. The van der Waals surface area contributed by atoms with E-state index in [1.54, 1.807) is 24.3 Å². The molecule has 10 nitrogen and oxygen atoms in total. The Balaban J connectivity index is 0.000000373. The summed E-state index contributed by atoms with van der Waals surface area (Å²) in [4.78, 5) is -1.08. The first-order valence-corrected chi connectivity index (χ1v) is 21.8. The molecule has 0 aliphatic rings. The van der Waals surface area contributed by atoms with Crippen LogP contribution in [0.1, 0.15) is 115 Å². The number of aromatic hydroxyl groups is 1. The first-order chi connectivity index (χ1) is 25.9. The number of phenolic OH excluding ortho intramolecular Hbond substituents is 1. The van der Waals surface area contributed by atoms with Gasteiger partial charge in [0.25, 0.3) is 10.1 Å². The number of para-hydroxylation sites is 4. The van der Waals surface area contributed by atoms with Gasteiger partial charge in [-0.1, -0.05) is 151 Å². The van der Waals surface area contributed by atoms with Gasteiger partial charge in [0.1, 0.15) is 32.3 Å². The zero-order valence-corrected chi connectivity index (χ0v) is 35.9. The largest absolute Gasteiger partial charge is 2.00 e. The summed E-state index contributed by atoms with van der Waals surface area (Å²) < 4.78 is 78.1. The number of hydrogen-bond acceptors (Lipinski definition) is 9. The van der Waals surface area contributed by atoms with Gasteiger partial charge in [0.05, 0.1) is 4.90 Å². The minimum atomic E-state index is -4.80. The van der Waals surface area contributed by atoms with Crippen LogP contribution >= 0.6 is 0 Å². The van der Waals surface area contributed by atoms with Crippen molar-refractivity contribution in [3.8, 4) is 34.5 Å². The maximum atomic E-state index is 12.1. The molecule has 4 rings (SSSR count). The molecule has 2 N–H and O–H groups in total. The van der Waals surface area contributed by atoms with E-state index in [1.807, 2.05) is 24.3 Å². The van der Waals surface area contributed by atoms with Gasteiger partial charge in [0.15, 0.2) is 11.5 Å². The van der Waals surface area contributed by atoms with Gasteiger partial charge < -0.3 is 24.2 Å². The zero-order chi connectivity index (χ0) is 39.4. The van der Waals surface area contributed by atoms with Crippen LogP contribution < -0.4 is 14.6 Å². The van der Waals surface area contributed by atoms with Crippen molar-refractivity contribution in [3.05, 3.63) is 96.1 Å². The second kappa shape index (κ2) is 25.4. The fourth-order valence-corrected chi connectivity index (χ4v) is 7.23. The van der Waals surface area contributed by atoms with E-state index in [0.717, 1.165) is 55.7 Å². The smallest absolute Gasteiger partial charge is 0.870 e. The Morgan fingerprint density at radius 3 is 1.44 bits per heavy atom. The topological polar surface area (TPSA) is 173 Å². The van der Waals surface area contributed by atoms with Crippen LogP contribution in [0, 0.1) is 0 Å². The van der Waals surface area contributed by atoms with E-state index in [1.165, 1.54) is 94.5 Å². The molecule has 0 radical (unpaired) electrons. The number of unbranched alkanes of at least 4 members (excludes halogenated alkanes) is 12. The number of benzene rings is 4. The SMILES string of the molecule is CCCCCCCCCc1ccccc1Oc1c(O)cccc1S(=O)(=O)O.CCCCCCCCCc1ccccc1Oc1c([O-])cccc1S(=O)(=O)[O-].[Ca+2]. The Morgan fingerprint density at radius 1 is 0.545 bits per heavy atom. The fourth-order valence-electron chi connectivity index (χ4n) is 5.99. The van der Waals surface area contributed by atoms with Crippen molar-refractivity contribution in [1.82, 2.24) is 0 Å². The molecule has 0 aliphatic carbocycles. The maximum Gasteiger partial charge on any atom is 2.00 e. The molecule has 0 unspecified atom stereocenters. The molecule has 4 aromatic carbocycles. The van der Waals surface area contributed by atoms with Crippen molar-refractivity contribution in [2.24, 2.45) is 0 Å². The van der Waals surface area contributed by atoms with Gasteiger partial charge in [-0.3, -0.25) is 4.55 Å². The van der Waals surface area contributed by atoms with E-state index in [9.17, 15) is 36.2 Å². The summed E-state index contributed by atoms with van der Waals surface area (Å²) in [6, 6.07) is 21.9. The Labute approximate surface area is 357 Å². The molecule has 0 saturated carbocycles. The standard InChI is InChI=1S/2C21H28O5S.Ca/c2*1-2-3-4-5-6-7-8-12-17-13-9-10-15-19(17)26-21-18(22)14-11-16-20(21)27(23,24)25;/h2*9-11,13-16,22H,2-8,12H2,1H3,(H,23,24,25);/q;;+2/p-2. The number of hydrogen-bond donors (Lipinski definition) is 2. The molecule has 13 heteroatoms. The van der Waals surface area contributed by atoms with Crippen LogP contribution in [0.25, 0.3) is 0 Å². The van der Waals surface area contributed by atoms with Gasteiger partial charge in [0.2, 0.25) is 0 Å². The van der Waals surface area contributed by atoms with Crippen molar-refractivity contribution in [3.63, 3.8) is 0 Å². The van der Waals surface area contributed by atoms with Crippen LogP contribution in [-0.2, 0) is 33.1 Å². The molecule has 4 aromatic rings. The molecule has 0 fully saturated rings. The minimum absolute atomic E-state index is 0. The third-order valence-corrected chi connectivity index (χ3v) is 10.7. The summed E-state index contributed by atoms with van der Waals surface area (Å²) in [5.74, 6) is -0.758. The van der Waals surface area contributed by atoms with E-state index in [0.29, 0.717) is 11.5 Å². The van der Waals surface area contributed by atoms with Crippen molar-refractivity contribution >= 4 is 58.0 Å². The second-order valence-corrected chi connectivity index (χ2v) is 16.0. The van der Waals surface area contributed by atoms with Gasteiger partial charge in [0, 0.05) is 0 Å². The van der Waals surface area contributed by atoms with E-state index in [2.05, 4.69) is 13.8 Å². The quantitative estimate of drug-likeness (QED) is 0.0441. The Bertz CT molecular complexity index is 1810. The van der Waals surface area contributed by atoms with Crippen molar-refractivity contribution in [1.29, 1.82) is 0 Å². The molecular weight excluding hydrogens is 769 g/mol. The summed E-state index contributed by atoms with van der Waals surface area (Å²) in [5, 5.41) is 22.1. The molecular formula is C42H54CaO10S2. The van der Waals surface area contributed by atoms with Gasteiger partial charge in [-0.05, 0) is 67.1 Å². The van der Waals surface area contributed by atoms with Crippen LogP contribution in [0.4, 0.5) is 0 Å². The van der Waals surface area contributed by atoms with Gasteiger partial charge in [-0.15, -0.1) is 0 Å². The summed E-state index contributed by atoms with van der Waals surface area (Å²) in [6.07, 6.45) is 18.3. The monoisotopic (exact) mass is 822 g/mol. The molecule has 296 valence electrons. The van der Waals surface area contributed by atoms with Crippen LogP contribution in [0.5, 0.6) is 34.5 Å². The van der Waals surface area contributed by atoms with E-state index >= 15 is 0 Å².